The zero-order chi connectivity index (χ0) is 14.0. The Balaban J connectivity index is 2.28. The van der Waals surface area contributed by atoms with Crippen LogP contribution in [0.3, 0.4) is 0 Å². The Morgan fingerprint density at radius 1 is 1.11 bits per heavy atom. The summed E-state index contributed by atoms with van der Waals surface area (Å²) in [5.74, 6) is -0.168. The van der Waals surface area contributed by atoms with E-state index in [1.807, 2.05) is 31.2 Å². The number of hydrogen-bond acceptors (Lipinski definition) is 2. The van der Waals surface area contributed by atoms with Gasteiger partial charge in [-0.15, -0.1) is 12.6 Å². The van der Waals surface area contributed by atoms with Crippen molar-refractivity contribution in [3.63, 3.8) is 0 Å². The van der Waals surface area contributed by atoms with Crippen LogP contribution in [0.2, 0.25) is 0 Å². The summed E-state index contributed by atoms with van der Waals surface area (Å²) < 4.78 is 1.82. The number of amides is 1. The van der Waals surface area contributed by atoms with E-state index in [2.05, 4.69) is 49.8 Å². The number of hydrogen-bond donors (Lipinski definition) is 2. The molecule has 2 aromatic rings. The summed E-state index contributed by atoms with van der Waals surface area (Å²) in [5, 5.41) is 2.89. The molecule has 5 heteroatoms. The molecule has 2 aromatic carbocycles. The molecule has 0 saturated carbocycles. The Bertz CT molecular complexity index is 643. The lowest BCUT2D eigenvalue weighted by Crippen LogP contribution is -2.13. The second-order valence-electron chi connectivity index (χ2n) is 4.07. The topological polar surface area (TPSA) is 29.1 Å². The molecule has 0 unspecified atom stereocenters. The number of carbonyl (C=O) groups is 1. The van der Waals surface area contributed by atoms with E-state index in [4.69, 9.17) is 0 Å². The number of carbonyl (C=O) groups excluding carboxylic acids is 1. The van der Waals surface area contributed by atoms with Gasteiger partial charge >= 0.3 is 0 Å². The molecule has 1 amide bonds. The molecule has 0 saturated heterocycles. The molecule has 1 N–H and O–H groups in total. The summed E-state index contributed by atoms with van der Waals surface area (Å²) in [6.07, 6.45) is 0. The standard InChI is InChI=1S/C14H11Br2NOS/c1-8-2-3-9(15)6-12(8)17-14(18)11-5-4-10(16)7-13(11)19/h2-7,19H,1H3,(H,17,18). The molecule has 0 bridgehead atoms. The predicted molar refractivity (Wildman–Crippen MR) is 88.2 cm³/mol. The van der Waals surface area contributed by atoms with Gasteiger partial charge in [0.25, 0.3) is 5.91 Å². The number of anilines is 1. The Kier molecular flexibility index (Phi) is 4.71. The molecule has 0 atom stereocenters. The van der Waals surface area contributed by atoms with Crippen LogP contribution in [0.25, 0.3) is 0 Å². The molecule has 0 fully saturated rings. The van der Waals surface area contributed by atoms with E-state index in [-0.39, 0.29) is 5.91 Å². The highest BCUT2D eigenvalue weighted by Gasteiger charge is 2.11. The first-order chi connectivity index (χ1) is 8.97. The minimum atomic E-state index is -0.168. The SMILES string of the molecule is Cc1ccc(Br)cc1NC(=O)c1ccc(Br)cc1S. The van der Waals surface area contributed by atoms with E-state index >= 15 is 0 Å². The van der Waals surface area contributed by atoms with Crippen LogP contribution in [0, 0.1) is 6.92 Å². The van der Waals surface area contributed by atoms with Gasteiger partial charge in [0.15, 0.2) is 0 Å². The fourth-order valence-electron chi connectivity index (χ4n) is 1.62. The molecule has 19 heavy (non-hydrogen) atoms. The lowest BCUT2D eigenvalue weighted by Gasteiger charge is -2.10. The van der Waals surface area contributed by atoms with Crippen LogP contribution in [-0.2, 0) is 0 Å². The van der Waals surface area contributed by atoms with Gasteiger partial charge in [0.1, 0.15) is 0 Å². The maximum atomic E-state index is 12.2. The predicted octanol–water partition coefficient (Wildman–Crippen LogP) is 5.06. The molecule has 0 aliphatic carbocycles. The van der Waals surface area contributed by atoms with Crippen molar-refractivity contribution in [2.45, 2.75) is 11.8 Å². The first-order valence-electron chi connectivity index (χ1n) is 5.53. The lowest BCUT2D eigenvalue weighted by atomic mass is 10.1. The monoisotopic (exact) mass is 399 g/mol. The van der Waals surface area contributed by atoms with E-state index in [0.717, 1.165) is 20.2 Å². The Morgan fingerprint density at radius 2 is 1.74 bits per heavy atom. The van der Waals surface area contributed by atoms with Gasteiger partial charge in [-0.05, 0) is 42.8 Å². The third-order valence-corrected chi connectivity index (χ3v) is 4.01. The second-order valence-corrected chi connectivity index (χ2v) is 6.39. The average molecular weight is 401 g/mol. The number of thiol groups is 1. The quantitative estimate of drug-likeness (QED) is 0.677. The Hall–Kier alpha value is -0.780. The number of aryl methyl sites for hydroxylation is 1. The molecule has 98 valence electrons. The summed E-state index contributed by atoms with van der Waals surface area (Å²) >= 11 is 11.1. The summed E-state index contributed by atoms with van der Waals surface area (Å²) in [5.41, 5.74) is 2.34. The smallest absolute Gasteiger partial charge is 0.256 e. The van der Waals surface area contributed by atoms with E-state index in [9.17, 15) is 4.79 Å². The molecule has 0 heterocycles. The van der Waals surface area contributed by atoms with E-state index in [1.54, 1.807) is 12.1 Å². The minimum Gasteiger partial charge on any atom is -0.322 e. The van der Waals surface area contributed by atoms with Gasteiger partial charge in [0.05, 0.1) is 5.56 Å². The van der Waals surface area contributed by atoms with Crippen LogP contribution >= 0.6 is 44.5 Å². The highest BCUT2D eigenvalue weighted by atomic mass is 79.9. The number of halogens is 2. The summed E-state index contributed by atoms with van der Waals surface area (Å²) in [7, 11) is 0. The maximum Gasteiger partial charge on any atom is 0.256 e. The van der Waals surface area contributed by atoms with E-state index < -0.39 is 0 Å². The molecule has 0 radical (unpaired) electrons. The van der Waals surface area contributed by atoms with Crippen LogP contribution in [0.4, 0.5) is 5.69 Å². The third kappa shape index (κ3) is 3.61. The van der Waals surface area contributed by atoms with Crippen LogP contribution in [0.1, 0.15) is 15.9 Å². The van der Waals surface area contributed by atoms with Gasteiger partial charge in [-0.3, -0.25) is 4.79 Å². The third-order valence-electron chi connectivity index (χ3n) is 2.65. The highest BCUT2D eigenvalue weighted by Crippen LogP contribution is 2.24. The molecule has 2 rings (SSSR count). The fourth-order valence-corrected chi connectivity index (χ4v) is 2.83. The van der Waals surface area contributed by atoms with Crippen molar-refractivity contribution in [3.05, 3.63) is 56.5 Å². The second kappa shape index (κ2) is 6.11. The molecular weight excluding hydrogens is 390 g/mol. The molecule has 0 aromatic heterocycles. The Morgan fingerprint density at radius 3 is 2.42 bits per heavy atom. The van der Waals surface area contributed by atoms with Crippen LogP contribution in [-0.4, -0.2) is 5.91 Å². The average Bonchev–Trinajstić information content (AvgIpc) is 2.33. The van der Waals surface area contributed by atoms with Gasteiger partial charge < -0.3 is 5.32 Å². The van der Waals surface area contributed by atoms with Gasteiger partial charge in [-0.1, -0.05) is 37.9 Å². The molecular formula is C14H11Br2NOS. The van der Waals surface area contributed by atoms with Crippen molar-refractivity contribution in [1.82, 2.24) is 0 Å². The van der Waals surface area contributed by atoms with Crippen LogP contribution < -0.4 is 5.32 Å². The van der Waals surface area contributed by atoms with Crippen molar-refractivity contribution in [3.8, 4) is 0 Å². The number of nitrogens with one attached hydrogen (secondary N) is 1. The fraction of sp³-hybridized carbons (Fsp3) is 0.0714. The zero-order valence-corrected chi connectivity index (χ0v) is 14.1. The van der Waals surface area contributed by atoms with Crippen molar-refractivity contribution >= 4 is 56.1 Å². The van der Waals surface area contributed by atoms with Crippen molar-refractivity contribution in [2.75, 3.05) is 5.32 Å². The lowest BCUT2D eigenvalue weighted by molar-refractivity contribution is 0.102. The van der Waals surface area contributed by atoms with Crippen molar-refractivity contribution < 1.29 is 4.79 Å². The summed E-state index contributed by atoms with van der Waals surface area (Å²) in [6.45, 7) is 1.95. The van der Waals surface area contributed by atoms with E-state index in [0.29, 0.717) is 10.5 Å². The molecule has 0 spiro atoms. The van der Waals surface area contributed by atoms with Crippen LogP contribution in [0.5, 0.6) is 0 Å². The largest absolute Gasteiger partial charge is 0.322 e. The number of benzene rings is 2. The van der Waals surface area contributed by atoms with Gasteiger partial charge in [0, 0.05) is 19.5 Å². The van der Waals surface area contributed by atoms with Gasteiger partial charge in [-0.25, -0.2) is 0 Å². The zero-order valence-electron chi connectivity index (χ0n) is 10.1. The van der Waals surface area contributed by atoms with E-state index in [1.165, 1.54) is 0 Å². The summed E-state index contributed by atoms with van der Waals surface area (Å²) in [6, 6.07) is 11.1. The van der Waals surface area contributed by atoms with Crippen molar-refractivity contribution in [1.29, 1.82) is 0 Å². The minimum absolute atomic E-state index is 0.168. The molecule has 0 aliphatic rings. The van der Waals surface area contributed by atoms with Gasteiger partial charge in [-0.2, -0.15) is 0 Å². The maximum absolute atomic E-state index is 12.2. The molecule has 0 aliphatic heterocycles. The first-order valence-corrected chi connectivity index (χ1v) is 7.56. The normalized spacial score (nSPS) is 10.3. The highest BCUT2D eigenvalue weighted by molar-refractivity contribution is 9.10. The van der Waals surface area contributed by atoms with Crippen LogP contribution in [0.15, 0.2) is 50.2 Å². The van der Waals surface area contributed by atoms with Crippen molar-refractivity contribution in [2.24, 2.45) is 0 Å². The van der Waals surface area contributed by atoms with Gasteiger partial charge in [0.2, 0.25) is 0 Å². The first kappa shape index (κ1) is 14.6. The molecule has 2 nitrogen and oxygen atoms in total. The Labute approximate surface area is 134 Å². The number of rotatable bonds is 2. The summed E-state index contributed by atoms with van der Waals surface area (Å²) in [4.78, 5) is 12.9.